The molecule has 2 amide bonds. The molecule has 0 bridgehead atoms. The first-order chi connectivity index (χ1) is 8.52. The van der Waals surface area contributed by atoms with Gasteiger partial charge >= 0.3 is 12.0 Å². The van der Waals surface area contributed by atoms with E-state index in [1.165, 1.54) is 4.90 Å². The van der Waals surface area contributed by atoms with Crippen molar-refractivity contribution < 1.29 is 14.7 Å². The number of urea groups is 1. The molecule has 1 fully saturated rings. The molecule has 1 aliphatic rings. The lowest BCUT2D eigenvalue weighted by atomic mass is 10.1. The zero-order chi connectivity index (χ0) is 13.5. The Hall–Kier alpha value is -1.26. The van der Waals surface area contributed by atoms with Gasteiger partial charge in [-0.25, -0.2) is 4.79 Å². The van der Waals surface area contributed by atoms with Gasteiger partial charge in [0, 0.05) is 12.6 Å². The molecule has 1 unspecified atom stereocenters. The predicted octanol–water partition coefficient (Wildman–Crippen LogP) is 2.07. The van der Waals surface area contributed by atoms with Crippen molar-refractivity contribution >= 4 is 12.0 Å². The molecule has 0 spiro atoms. The van der Waals surface area contributed by atoms with Crippen LogP contribution in [0.5, 0.6) is 0 Å². The van der Waals surface area contributed by atoms with Crippen LogP contribution < -0.4 is 5.32 Å². The standard InChI is InChI=1S/C13H24N2O3/c1-3-4-5-10(2)14-13(18)15(9-12(16)17)8-11-6-7-11/h10-11H,3-9H2,1-2H3,(H,14,18)(H,16,17). The summed E-state index contributed by atoms with van der Waals surface area (Å²) in [7, 11) is 0. The third kappa shape index (κ3) is 5.89. The Balaban J connectivity index is 2.39. The molecule has 5 nitrogen and oxygen atoms in total. The monoisotopic (exact) mass is 256 g/mol. The number of carbonyl (C=O) groups excluding carboxylic acids is 1. The normalized spacial score (nSPS) is 16.1. The molecule has 1 saturated carbocycles. The van der Waals surface area contributed by atoms with Crippen molar-refractivity contribution in [2.75, 3.05) is 13.1 Å². The van der Waals surface area contributed by atoms with E-state index >= 15 is 0 Å². The number of carboxylic acids is 1. The van der Waals surface area contributed by atoms with Crippen molar-refractivity contribution in [3.63, 3.8) is 0 Å². The summed E-state index contributed by atoms with van der Waals surface area (Å²) >= 11 is 0. The molecule has 5 heteroatoms. The van der Waals surface area contributed by atoms with Crippen molar-refractivity contribution in [1.82, 2.24) is 10.2 Å². The molecule has 2 N–H and O–H groups in total. The van der Waals surface area contributed by atoms with E-state index in [9.17, 15) is 9.59 Å². The van der Waals surface area contributed by atoms with Gasteiger partial charge in [0.1, 0.15) is 6.54 Å². The molecule has 0 saturated heterocycles. The van der Waals surface area contributed by atoms with E-state index in [0.717, 1.165) is 32.1 Å². The van der Waals surface area contributed by atoms with Crippen LogP contribution in [-0.4, -0.2) is 41.1 Å². The van der Waals surface area contributed by atoms with Crippen LogP contribution in [0.4, 0.5) is 4.79 Å². The van der Waals surface area contributed by atoms with Crippen molar-refractivity contribution in [2.45, 2.75) is 52.0 Å². The molecular weight excluding hydrogens is 232 g/mol. The van der Waals surface area contributed by atoms with E-state index in [2.05, 4.69) is 12.2 Å². The topological polar surface area (TPSA) is 69.6 Å². The number of hydrogen-bond acceptors (Lipinski definition) is 2. The number of unbranched alkanes of at least 4 members (excludes halogenated alkanes) is 1. The fourth-order valence-electron chi connectivity index (χ4n) is 1.88. The molecule has 18 heavy (non-hydrogen) atoms. The van der Waals surface area contributed by atoms with Gasteiger partial charge in [-0.3, -0.25) is 4.79 Å². The Morgan fingerprint density at radius 3 is 2.61 bits per heavy atom. The van der Waals surface area contributed by atoms with Crippen LogP contribution in [0.3, 0.4) is 0 Å². The van der Waals surface area contributed by atoms with E-state index in [4.69, 9.17) is 5.11 Å². The maximum absolute atomic E-state index is 12.0. The average Bonchev–Trinajstić information content (AvgIpc) is 3.08. The van der Waals surface area contributed by atoms with Crippen LogP contribution in [0, 0.1) is 5.92 Å². The maximum atomic E-state index is 12.0. The van der Waals surface area contributed by atoms with Crippen LogP contribution >= 0.6 is 0 Å². The molecule has 0 aromatic carbocycles. The number of rotatable bonds is 8. The number of aliphatic carboxylic acids is 1. The van der Waals surface area contributed by atoms with Gasteiger partial charge in [-0.15, -0.1) is 0 Å². The first-order valence-electron chi connectivity index (χ1n) is 6.80. The first-order valence-corrected chi connectivity index (χ1v) is 6.80. The lowest BCUT2D eigenvalue weighted by molar-refractivity contribution is -0.137. The SMILES string of the molecule is CCCCC(C)NC(=O)N(CC(=O)O)CC1CC1. The minimum Gasteiger partial charge on any atom is -0.480 e. The highest BCUT2D eigenvalue weighted by molar-refractivity contribution is 5.80. The summed E-state index contributed by atoms with van der Waals surface area (Å²) in [5, 5.41) is 11.7. The molecule has 0 aromatic heterocycles. The average molecular weight is 256 g/mol. The second-order valence-corrected chi connectivity index (χ2v) is 5.21. The third-order valence-corrected chi connectivity index (χ3v) is 3.15. The second kappa shape index (κ2) is 7.24. The summed E-state index contributed by atoms with van der Waals surface area (Å²) in [6, 6.07) is -0.138. The highest BCUT2D eigenvalue weighted by Gasteiger charge is 2.28. The Bertz CT molecular complexity index is 290. The minimum absolute atomic E-state index is 0.105. The van der Waals surface area contributed by atoms with Gasteiger partial charge in [0.2, 0.25) is 0 Å². The quantitative estimate of drug-likeness (QED) is 0.698. The molecule has 1 rings (SSSR count). The van der Waals surface area contributed by atoms with Crippen molar-refractivity contribution in [2.24, 2.45) is 5.92 Å². The second-order valence-electron chi connectivity index (χ2n) is 5.21. The zero-order valence-electron chi connectivity index (χ0n) is 11.3. The van der Waals surface area contributed by atoms with E-state index < -0.39 is 5.97 Å². The molecule has 104 valence electrons. The number of hydrogen-bond donors (Lipinski definition) is 2. The molecule has 1 atom stereocenters. The number of nitrogens with one attached hydrogen (secondary N) is 1. The van der Waals surface area contributed by atoms with E-state index in [1.54, 1.807) is 0 Å². The Morgan fingerprint density at radius 2 is 2.11 bits per heavy atom. The van der Waals surface area contributed by atoms with Crippen LogP contribution in [0.15, 0.2) is 0 Å². The van der Waals surface area contributed by atoms with E-state index in [1.807, 2.05) is 6.92 Å². The van der Waals surface area contributed by atoms with Gasteiger partial charge in [0.25, 0.3) is 0 Å². The van der Waals surface area contributed by atoms with Crippen molar-refractivity contribution in [1.29, 1.82) is 0 Å². The van der Waals surface area contributed by atoms with Gasteiger partial charge in [0.05, 0.1) is 0 Å². The highest BCUT2D eigenvalue weighted by Crippen LogP contribution is 2.29. The largest absolute Gasteiger partial charge is 0.480 e. The molecule has 0 heterocycles. The number of carbonyl (C=O) groups is 2. The first kappa shape index (κ1) is 14.8. The summed E-state index contributed by atoms with van der Waals surface area (Å²) in [5.74, 6) is -0.451. The molecule has 1 aliphatic carbocycles. The van der Waals surface area contributed by atoms with Crippen molar-refractivity contribution in [3.05, 3.63) is 0 Å². The van der Waals surface area contributed by atoms with Gasteiger partial charge in [-0.1, -0.05) is 19.8 Å². The van der Waals surface area contributed by atoms with Gasteiger partial charge < -0.3 is 15.3 Å². The summed E-state index contributed by atoms with van der Waals surface area (Å²) in [5.41, 5.74) is 0. The number of carboxylic acid groups (broad SMARTS) is 1. The maximum Gasteiger partial charge on any atom is 0.323 e. The molecule has 0 radical (unpaired) electrons. The predicted molar refractivity (Wildman–Crippen MR) is 69.5 cm³/mol. The fraction of sp³-hybridized carbons (Fsp3) is 0.846. The van der Waals surface area contributed by atoms with Crippen molar-refractivity contribution in [3.8, 4) is 0 Å². The number of amides is 2. The summed E-state index contributed by atoms with van der Waals surface area (Å²) < 4.78 is 0. The van der Waals surface area contributed by atoms with Gasteiger partial charge in [0.15, 0.2) is 0 Å². The zero-order valence-corrected chi connectivity index (χ0v) is 11.3. The summed E-state index contributed by atoms with van der Waals surface area (Å²) in [6.07, 6.45) is 5.32. The van der Waals surface area contributed by atoms with E-state index in [-0.39, 0.29) is 18.6 Å². The Labute approximate surface area is 109 Å². The van der Waals surface area contributed by atoms with Crippen LogP contribution in [0.2, 0.25) is 0 Å². The lowest BCUT2D eigenvalue weighted by Gasteiger charge is -2.23. The Kier molecular flexibility index (Phi) is 5.95. The van der Waals surface area contributed by atoms with Gasteiger partial charge in [-0.05, 0) is 32.1 Å². The van der Waals surface area contributed by atoms with Crippen LogP contribution in [-0.2, 0) is 4.79 Å². The number of nitrogens with zero attached hydrogens (tertiary/aromatic N) is 1. The highest BCUT2D eigenvalue weighted by atomic mass is 16.4. The summed E-state index contributed by atoms with van der Waals surface area (Å²) in [4.78, 5) is 24.1. The summed E-state index contributed by atoms with van der Waals surface area (Å²) in [6.45, 7) is 4.43. The lowest BCUT2D eigenvalue weighted by Crippen LogP contribution is -2.46. The molecular formula is C13H24N2O3. The van der Waals surface area contributed by atoms with Crippen LogP contribution in [0.25, 0.3) is 0 Å². The molecule has 0 aromatic rings. The molecule has 0 aliphatic heterocycles. The smallest absolute Gasteiger partial charge is 0.323 e. The minimum atomic E-state index is -0.952. The van der Waals surface area contributed by atoms with Gasteiger partial charge in [-0.2, -0.15) is 0 Å². The fourth-order valence-corrected chi connectivity index (χ4v) is 1.88. The van der Waals surface area contributed by atoms with Crippen LogP contribution in [0.1, 0.15) is 46.0 Å². The Morgan fingerprint density at radius 1 is 1.44 bits per heavy atom. The van der Waals surface area contributed by atoms with E-state index in [0.29, 0.717) is 12.5 Å². The third-order valence-electron chi connectivity index (χ3n) is 3.15.